The predicted octanol–water partition coefficient (Wildman–Crippen LogP) is 2.05. The van der Waals surface area contributed by atoms with Gasteiger partial charge in [0.25, 0.3) is 0 Å². The van der Waals surface area contributed by atoms with Gasteiger partial charge in [0.15, 0.2) is 5.43 Å². The van der Waals surface area contributed by atoms with Crippen molar-refractivity contribution in [1.82, 2.24) is 14.1 Å². The van der Waals surface area contributed by atoms with Gasteiger partial charge in [-0.05, 0) is 26.0 Å². The molecule has 0 radical (unpaired) electrons. The van der Waals surface area contributed by atoms with Gasteiger partial charge in [-0.15, -0.1) is 0 Å². The van der Waals surface area contributed by atoms with Crippen LogP contribution in [0.15, 0.2) is 29.2 Å². The average Bonchev–Trinajstić information content (AvgIpc) is 2.88. The lowest BCUT2D eigenvalue weighted by molar-refractivity contribution is 0.0685. The number of hydrogen-bond acceptors (Lipinski definition) is 4. The number of hydrogen-bond donors (Lipinski definition) is 1. The summed E-state index contributed by atoms with van der Waals surface area (Å²) in [5, 5.41) is 9.55. The third-order valence-corrected chi connectivity index (χ3v) is 4.10. The van der Waals surface area contributed by atoms with Crippen molar-refractivity contribution < 1.29 is 14.6 Å². The lowest BCUT2D eigenvalue weighted by Crippen LogP contribution is -2.23. The second-order valence-electron chi connectivity index (χ2n) is 5.62. The first kappa shape index (κ1) is 15.8. The minimum absolute atomic E-state index is 0.0871. The summed E-state index contributed by atoms with van der Waals surface area (Å²) in [6.07, 6.45) is 1.51. The molecule has 0 spiro atoms. The van der Waals surface area contributed by atoms with Crippen LogP contribution in [0.25, 0.3) is 17.0 Å². The molecule has 0 fully saturated rings. The Morgan fingerprint density at radius 2 is 2.00 bits per heavy atom. The van der Waals surface area contributed by atoms with Gasteiger partial charge in [-0.2, -0.15) is 0 Å². The minimum Gasteiger partial charge on any atom is -0.497 e. The number of carboxylic acids is 1. The minimum atomic E-state index is -1.17. The number of aromatic nitrogens is 3. The summed E-state index contributed by atoms with van der Waals surface area (Å²) < 4.78 is 8.43. The second-order valence-corrected chi connectivity index (χ2v) is 5.62. The van der Waals surface area contributed by atoms with Crippen molar-refractivity contribution in [1.29, 1.82) is 0 Å². The van der Waals surface area contributed by atoms with Gasteiger partial charge in [0.05, 0.1) is 18.1 Å². The summed E-state index contributed by atoms with van der Waals surface area (Å²) in [6.45, 7) is 3.17. The predicted molar refractivity (Wildman–Crippen MR) is 89.3 cm³/mol. The van der Waals surface area contributed by atoms with Gasteiger partial charge in [-0.25, -0.2) is 9.78 Å². The fourth-order valence-corrected chi connectivity index (χ4v) is 2.83. The lowest BCUT2D eigenvalue weighted by Gasteiger charge is -2.13. The largest absolute Gasteiger partial charge is 0.497 e. The van der Waals surface area contributed by atoms with E-state index in [0.29, 0.717) is 22.8 Å². The molecule has 0 aliphatic rings. The third kappa shape index (κ3) is 2.25. The molecule has 0 aliphatic heterocycles. The highest BCUT2D eigenvalue weighted by Gasteiger charge is 2.21. The number of ether oxygens (including phenoxy) is 1. The maximum absolute atomic E-state index is 12.1. The van der Waals surface area contributed by atoms with Gasteiger partial charge >= 0.3 is 5.97 Å². The van der Waals surface area contributed by atoms with Gasteiger partial charge in [-0.3, -0.25) is 9.36 Å². The number of imidazole rings is 1. The van der Waals surface area contributed by atoms with Crippen LogP contribution >= 0.6 is 0 Å². The first-order valence-electron chi connectivity index (χ1n) is 7.32. The molecule has 2 aromatic heterocycles. The number of fused-ring (bicyclic) bond motifs is 1. The van der Waals surface area contributed by atoms with Crippen LogP contribution in [0.2, 0.25) is 0 Å². The molecule has 0 saturated carbocycles. The van der Waals surface area contributed by atoms with Crippen molar-refractivity contribution in [3.8, 4) is 11.7 Å². The number of rotatable bonds is 3. The van der Waals surface area contributed by atoms with Crippen molar-refractivity contribution in [3.05, 3.63) is 51.4 Å². The average molecular weight is 327 g/mol. The van der Waals surface area contributed by atoms with E-state index < -0.39 is 5.97 Å². The fourth-order valence-electron chi connectivity index (χ4n) is 2.83. The standard InChI is InChI=1S/C17H17N3O4/c1-9-8-20(14(16(22)23)10(2)15(9)21)17-18-12-7-11(24-4)5-6-13(12)19(17)3/h5-8H,1-4H3,(H,22,23). The quantitative estimate of drug-likeness (QED) is 0.795. The van der Waals surface area contributed by atoms with Gasteiger partial charge in [0.1, 0.15) is 11.4 Å². The number of aromatic carboxylic acids is 1. The summed E-state index contributed by atoms with van der Waals surface area (Å²) in [6, 6.07) is 5.45. The first-order valence-corrected chi connectivity index (χ1v) is 7.32. The van der Waals surface area contributed by atoms with Crippen LogP contribution in [0.4, 0.5) is 0 Å². The molecule has 124 valence electrons. The Morgan fingerprint density at radius 1 is 1.29 bits per heavy atom. The highest BCUT2D eigenvalue weighted by Crippen LogP contribution is 2.23. The topological polar surface area (TPSA) is 86.3 Å². The van der Waals surface area contributed by atoms with E-state index >= 15 is 0 Å². The van der Waals surface area contributed by atoms with Gasteiger partial charge in [-0.1, -0.05) is 0 Å². The number of aryl methyl sites for hydroxylation is 2. The molecule has 0 amide bonds. The normalized spacial score (nSPS) is 11.0. The number of carboxylic acid groups (broad SMARTS) is 1. The summed E-state index contributed by atoms with van der Waals surface area (Å²) in [4.78, 5) is 28.3. The summed E-state index contributed by atoms with van der Waals surface area (Å²) in [5.74, 6) is -0.0889. The van der Waals surface area contributed by atoms with Crippen LogP contribution in [0.3, 0.4) is 0 Å². The Hall–Kier alpha value is -3.09. The molecule has 3 aromatic rings. The van der Waals surface area contributed by atoms with Crippen molar-refractivity contribution in [3.63, 3.8) is 0 Å². The second kappa shape index (κ2) is 5.52. The monoisotopic (exact) mass is 327 g/mol. The number of methoxy groups -OCH3 is 1. The smallest absolute Gasteiger partial charge is 0.353 e. The van der Waals surface area contributed by atoms with Gasteiger partial charge in [0.2, 0.25) is 5.95 Å². The first-order chi connectivity index (χ1) is 11.3. The van der Waals surface area contributed by atoms with Crippen LogP contribution in [0, 0.1) is 13.8 Å². The molecule has 7 nitrogen and oxygen atoms in total. The van der Waals surface area contributed by atoms with Crippen LogP contribution in [0.1, 0.15) is 21.6 Å². The molecule has 0 atom stereocenters. The molecular weight excluding hydrogens is 310 g/mol. The number of benzene rings is 1. The molecule has 1 N–H and O–H groups in total. The van der Waals surface area contributed by atoms with E-state index in [1.807, 2.05) is 12.1 Å². The van der Waals surface area contributed by atoms with Crippen molar-refractivity contribution >= 4 is 17.0 Å². The summed E-state index contributed by atoms with van der Waals surface area (Å²) in [7, 11) is 3.37. The van der Waals surface area contributed by atoms with Crippen LogP contribution in [-0.4, -0.2) is 32.3 Å². The number of nitrogens with zero attached hydrogens (tertiary/aromatic N) is 3. The molecule has 0 unspecified atom stereocenters. The zero-order chi connectivity index (χ0) is 17.6. The molecule has 7 heteroatoms. The Labute approximate surface area is 137 Å². The third-order valence-electron chi connectivity index (χ3n) is 4.10. The molecule has 0 saturated heterocycles. The van der Waals surface area contributed by atoms with E-state index in [2.05, 4.69) is 4.98 Å². The maximum Gasteiger partial charge on any atom is 0.353 e. The van der Waals surface area contributed by atoms with E-state index in [4.69, 9.17) is 4.74 Å². The van der Waals surface area contributed by atoms with Crippen molar-refractivity contribution in [2.24, 2.45) is 7.05 Å². The molecule has 0 aliphatic carbocycles. The zero-order valence-electron chi connectivity index (χ0n) is 13.8. The van der Waals surface area contributed by atoms with Crippen molar-refractivity contribution in [2.75, 3.05) is 7.11 Å². The Bertz CT molecular complexity index is 1030. The van der Waals surface area contributed by atoms with E-state index in [1.165, 1.54) is 17.7 Å². The maximum atomic E-state index is 12.1. The van der Waals surface area contributed by atoms with Crippen LogP contribution in [-0.2, 0) is 7.05 Å². The summed E-state index contributed by atoms with van der Waals surface area (Å²) in [5.41, 5.74) is 1.79. The Morgan fingerprint density at radius 3 is 2.62 bits per heavy atom. The molecule has 3 rings (SSSR count). The molecule has 1 aromatic carbocycles. The molecule has 2 heterocycles. The Kier molecular flexibility index (Phi) is 3.63. The molecule has 0 bridgehead atoms. The van der Waals surface area contributed by atoms with E-state index in [9.17, 15) is 14.7 Å². The van der Waals surface area contributed by atoms with Crippen LogP contribution < -0.4 is 10.2 Å². The van der Waals surface area contributed by atoms with Crippen LogP contribution in [0.5, 0.6) is 5.75 Å². The molecular formula is C17H17N3O4. The van der Waals surface area contributed by atoms with Crippen molar-refractivity contribution in [2.45, 2.75) is 13.8 Å². The van der Waals surface area contributed by atoms with Gasteiger partial charge < -0.3 is 14.4 Å². The van der Waals surface area contributed by atoms with E-state index in [0.717, 1.165) is 5.52 Å². The fraction of sp³-hybridized carbons (Fsp3) is 0.235. The lowest BCUT2D eigenvalue weighted by atomic mass is 10.1. The number of carbonyl (C=O) groups is 1. The molecule has 24 heavy (non-hydrogen) atoms. The Balaban J connectivity index is 2.37. The SMILES string of the molecule is COc1ccc2c(c1)nc(-n1cc(C)c(=O)c(C)c1C(=O)O)n2C. The highest BCUT2D eigenvalue weighted by molar-refractivity contribution is 5.88. The highest BCUT2D eigenvalue weighted by atomic mass is 16.5. The van der Waals surface area contributed by atoms with Gasteiger partial charge in [0, 0.05) is 30.4 Å². The zero-order valence-corrected chi connectivity index (χ0v) is 13.8. The van der Waals surface area contributed by atoms with E-state index in [1.54, 1.807) is 31.7 Å². The van der Waals surface area contributed by atoms with E-state index in [-0.39, 0.29) is 16.7 Å². The number of pyridine rings is 1. The summed E-state index contributed by atoms with van der Waals surface area (Å²) >= 11 is 0.